The first kappa shape index (κ1) is 15.6. The van der Waals surface area contributed by atoms with Crippen molar-refractivity contribution in [3.63, 3.8) is 0 Å². The van der Waals surface area contributed by atoms with Crippen molar-refractivity contribution in [1.29, 1.82) is 5.26 Å². The number of β-amino-alcohol motifs (C(OH)–C–C–N with tert-alkyl or cyclic N) is 1. The number of aliphatic hydroxyl groups is 1. The molecule has 6 nitrogen and oxygen atoms in total. The number of nitriles is 1. The zero-order chi connectivity index (χ0) is 16.2. The van der Waals surface area contributed by atoms with Crippen LogP contribution in [-0.2, 0) is 6.54 Å². The Labute approximate surface area is 138 Å². The number of amides is 1. The predicted molar refractivity (Wildman–Crippen MR) is 87.1 cm³/mol. The molecule has 1 saturated heterocycles. The highest BCUT2D eigenvalue weighted by Crippen LogP contribution is 2.18. The number of likely N-dealkylation sites (tertiary alicyclic amines) is 1. The molecular formula is C16H16N4O2S. The summed E-state index contributed by atoms with van der Waals surface area (Å²) in [5, 5.41) is 21.4. The summed E-state index contributed by atoms with van der Waals surface area (Å²) >= 11 is 1.15. The number of anilines is 1. The van der Waals surface area contributed by atoms with Crippen LogP contribution in [0.25, 0.3) is 0 Å². The van der Waals surface area contributed by atoms with Gasteiger partial charge in [-0.1, -0.05) is 23.5 Å². The van der Waals surface area contributed by atoms with Crippen LogP contribution in [0.5, 0.6) is 0 Å². The number of nitrogens with zero attached hydrogens (tertiary/aromatic N) is 3. The molecule has 1 amide bonds. The van der Waals surface area contributed by atoms with Crippen LogP contribution in [0.1, 0.15) is 27.2 Å². The van der Waals surface area contributed by atoms with E-state index in [-0.39, 0.29) is 12.0 Å². The van der Waals surface area contributed by atoms with Gasteiger partial charge in [-0.25, -0.2) is 4.98 Å². The van der Waals surface area contributed by atoms with Gasteiger partial charge in [-0.2, -0.15) is 5.26 Å². The summed E-state index contributed by atoms with van der Waals surface area (Å²) < 4.78 is 0. The summed E-state index contributed by atoms with van der Waals surface area (Å²) in [6, 6.07) is 9.37. The number of thiazole rings is 1. The van der Waals surface area contributed by atoms with Crippen LogP contribution >= 0.6 is 11.3 Å². The second-order valence-electron chi connectivity index (χ2n) is 5.47. The minimum Gasteiger partial charge on any atom is -0.392 e. The minimum atomic E-state index is -0.244. The van der Waals surface area contributed by atoms with Crippen molar-refractivity contribution < 1.29 is 9.90 Å². The van der Waals surface area contributed by atoms with Gasteiger partial charge < -0.3 is 5.11 Å². The van der Waals surface area contributed by atoms with E-state index in [4.69, 9.17) is 5.26 Å². The molecule has 0 saturated carbocycles. The van der Waals surface area contributed by atoms with Gasteiger partial charge in [0.15, 0.2) is 5.13 Å². The Morgan fingerprint density at radius 3 is 2.87 bits per heavy atom. The minimum absolute atomic E-state index is 0.225. The number of hydrogen-bond acceptors (Lipinski definition) is 6. The van der Waals surface area contributed by atoms with E-state index in [1.54, 1.807) is 12.1 Å². The first-order valence-electron chi connectivity index (χ1n) is 7.30. The van der Waals surface area contributed by atoms with Gasteiger partial charge in [-0.05, 0) is 24.1 Å². The molecule has 7 heteroatoms. The van der Waals surface area contributed by atoms with Gasteiger partial charge in [-0.3, -0.25) is 15.0 Å². The first-order chi connectivity index (χ1) is 11.1. The second kappa shape index (κ2) is 6.87. The van der Waals surface area contributed by atoms with Crippen molar-refractivity contribution in [2.24, 2.45) is 0 Å². The maximum absolute atomic E-state index is 12.1. The fourth-order valence-corrected chi connectivity index (χ4v) is 3.14. The molecule has 118 valence electrons. The summed E-state index contributed by atoms with van der Waals surface area (Å²) in [6.45, 7) is 2.37. The molecule has 1 aliphatic rings. The quantitative estimate of drug-likeness (QED) is 0.894. The number of aromatic nitrogens is 1. The van der Waals surface area contributed by atoms with E-state index < -0.39 is 0 Å². The highest BCUT2D eigenvalue weighted by atomic mass is 32.1. The van der Waals surface area contributed by atoms with E-state index in [0.29, 0.717) is 22.1 Å². The topological polar surface area (TPSA) is 89.2 Å². The monoisotopic (exact) mass is 328 g/mol. The van der Waals surface area contributed by atoms with Crippen molar-refractivity contribution in [2.75, 3.05) is 18.4 Å². The Bertz CT molecular complexity index is 735. The van der Waals surface area contributed by atoms with Crippen LogP contribution in [-0.4, -0.2) is 40.1 Å². The summed E-state index contributed by atoms with van der Waals surface area (Å²) in [4.78, 5) is 18.8. The predicted octanol–water partition coefficient (Wildman–Crippen LogP) is 1.83. The van der Waals surface area contributed by atoms with E-state index in [1.807, 2.05) is 18.2 Å². The Kier molecular flexibility index (Phi) is 4.67. The van der Waals surface area contributed by atoms with Gasteiger partial charge in [0.05, 0.1) is 12.3 Å². The van der Waals surface area contributed by atoms with Gasteiger partial charge in [0, 0.05) is 25.2 Å². The number of benzene rings is 1. The van der Waals surface area contributed by atoms with Gasteiger partial charge in [0.1, 0.15) is 10.9 Å². The molecule has 2 heterocycles. The third-order valence-corrected chi connectivity index (χ3v) is 4.52. The molecular weight excluding hydrogens is 312 g/mol. The molecule has 2 N–H and O–H groups in total. The van der Waals surface area contributed by atoms with Crippen LogP contribution in [0.4, 0.5) is 5.13 Å². The third-order valence-electron chi connectivity index (χ3n) is 3.71. The number of rotatable bonds is 4. The smallest absolute Gasteiger partial charge is 0.257 e. The maximum Gasteiger partial charge on any atom is 0.257 e. The molecule has 0 radical (unpaired) electrons. The SMILES string of the molecule is N#Cc1cnc(NC(=O)c2ccc(CN3CC[C@H](O)C3)cc2)s1. The molecule has 1 fully saturated rings. The number of carbonyl (C=O) groups excluding carboxylic acids is 1. The Morgan fingerprint density at radius 2 is 2.26 bits per heavy atom. The van der Waals surface area contributed by atoms with Crippen LogP contribution in [0.3, 0.4) is 0 Å². The van der Waals surface area contributed by atoms with Gasteiger partial charge in [0.2, 0.25) is 0 Å². The highest BCUT2D eigenvalue weighted by molar-refractivity contribution is 7.16. The third kappa shape index (κ3) is 3.93. The van der Waals surface area contributed by atoms with Gasteiger partial charge in [-0.15, -0.1) is 0 Å². The Hall–Kier alpha value is -2.27. The molecule has 1 aromatic carbocycles. The lowest BCUT2D eigenvalue weighted by atomic mass is 10.1. The van der Waals surface area contributed by atoms with E-state index in [9.17, 15) is 9.90 Å². The second-order valence-corrected chi connectivity index (χ2v) is 6.50. The normalized spacial score (nSPS) is 17.8. The molecule has 0 aliphatic carbocycles. The standard InChI is InChI=1S/C16H16N4O2S/c17-7-14-8-18-16(23-14)19-15(22)12-3-1-11(2-4-12)9-20-6-5-13(21)10-20/h1-4,8,13,21H,5-6,9-10H2,(H,18,19,22)/t13-/m0/s1. The average Bonchev–Trinajstić information content (AvgIpc) is 3.17. The Balaban J connectivity index is 1.60. The molecule has 23 heavy (non-hydrogen) atoms. The lowest BCUT2D eigenvalue weighted by Crippen LogP contribution is -2.21. The van der Waals surface area contributed by atoms with E-state index in [2.05, 4.69) is 15.2 Å². The number of nitrogens with one attached hydrogen (secondary N) is 1. The number of hydrogen-bond donors (Lipinski definition) is 2. The zero-order valence-electron chi connectivity index (χ0n) is 12.4. The van der Waals surface area contributed by atoms with Gasteiger partial charge >= 0.3 is 0 Å². The fourth-order valence-electron chi connectivity index (χ4n) is 2.53. The van der Waals surface area contributed by atoms with E-state index >= 15 is 0 Å². The van der Waals surface area contributed by atoms with Crippen molar-refractivity contribution in [3.05, 3.63) is 46.5 Å². The summed E-state index contributed by atoms with van der Waals surface area (Å²) in [7, 11) is 0. The molecule has 1 aromatic heterocycles. The Morgan fingerprint density at radius 1 is 1.48 bits per heavy atom. The number of carbonyl (C=O) groups is 1. The van der Waals surface area contributed by atoms with Crippen LogP contribution in [0.15, 0.2) is 30.5 Å². The molecule has 1 aliphatic heterocycles. The van der Waals surface area contributed by atoms with Crippen molar-refractivity contribution >= 4 is 22.4 Å². The summed E-state index contributed by atoms with van der Waals surface area (Å²) in [6.07, 6.45) is 2.03. The molecule has 0 bridgehead atoms. The molecule has 0 unspecified atom stereocenters. The average molecular weight is 328 g/mol. The van der Waals surface area contributed by atoms with E-state index in [0.717, 1.165) is 36.4 Å². The summed E-state index contributed by atoms with van der Waals surface area (Å²) in [5.41, 5.74) is 1.65. The lowest BCUT2D eigenvalue weighted by Gasteiger charge is -2.14. The zero-order valence-corrected chi connectivity index (χ0v) is 13.2. The fraction of sp³-hybridized carbons (Fsp3) is 0.312. The highest BCUT2D eigenvalue weighted by Gasteiger charge is 2.20. The molecule has 2 aromatic rings. The van der Waals surface area contributed by atoms with Crippen LogP contribution in [0.2, 0.25) is 0 Å². The summed E-state index contributed by atoms with van der Waals surface area (Å²) in [5.74, 6) is -0.244. The molecule has 0 spiro atoms. The maximum atomic E-state index is 12.1. The van der Waals surface area contributed by atoms with Gasteiger partial charge in [0.25, 0.3) is 5.91 Å². The molecule has 3 rings (SSSR count). The van der Waals surface area contributed by atoms with Crippen molar-refractivity contribution in [2.45, 2.75) is 19.1 Å². The van der Waals surface area contributed by atoms with Crippen LogP contribution < -0.4 is 5.32 Å². The van der Waals surface area contributed by atoms with Crippen molar-refractivity contribution in [1.82, 2.24) is 9.88 Å². The largest absolute Gasteiger partial charge is 0.392 e. The molecule has 1 atom stereocenters. The first-order valence-corrected chi connectivity index (χ1v) is 8.12. The van der Waals surface area contributed by atoms with Crippen molar-refractivity contribution in [3.8, 4) is 6.07 Å². The number of aliphatic hydroxyl groups excluding tert-OH is 1. The van der Waals surface area contributed by atoms with E-state index in [1.165, 1.54) is 6.20 Å². The lowest BCUT2D eigenvalue weighted by molar-refractivity contribution is 0.102. The van der Waals surface area contributed by atoms with Crippen LogP contribution in [0, 0.1) is 11.3 Å².